The Bertz CT molecular complexity index is 1050. The van der Waals surface area contributed by atoms with Gasteiger partial charge < -0.3 is 15.0 Å². The second kappa shape index (κ2) is 8.52. The van der Waals surface area contributed by atoms with Crippen molar-refractivity contribution < 1.29 is 17.9 Å². The van der Waals surface area contributed by atoms with Crippen molar-refractivity contribution in [2.45, 2.75) is 26.3 Å². The number of fused-ring (bicyclic) bond motifs is 1. The third-order valence-corrected chi connectivity index (χ3v) is 5.43. The van der Waals surface area contributed by atoms with E-state index >= 15 is 0 Å². The largest absolute Gasteiger partial charge is 0.378 e. The van der Waals surface area contributed by atoms with Crippen molar-refractivity contribution in [1.29, 1.82) is 0 Å². The molecular weight excluding hydrogens is 391 g/mol. The van der Waals surface area contributed by atoms with Crippen molar-refractivity contribution in [1.82, 2.24) is 4.98 Å². The van der Waals surface area contributed by atoms with Crippen LogP contribution in [0.1, 0.15) is 36.2 Å². The number of nitrogens with zero attached hydrogens (tertiary/aromatic N) is 2. The molecule has 0 saturated carbocycles. The van der Waals surface area contributed by atoms with Crippen LogP contribution in [0, 0.1) is 12.7 Å². The van der Waals surface area contributed by atoms with Crippen LogP contribution < -0.4 is 10.2 Å². The van der Waals surface area contributed by atoms with Crippen LogP contribution in [-0.4, -0.2) is 31.3 Å². The van der Waals surface area contributed by atoms with Gasteiger partial charge in [0.15, 0.2) is 0 Å². The molecular formula is C23H24F3N3O. The van der Waals surface area contributed by atoms with Gasteiger partial charge in [-0.2, -0.15) is 0 Å². The maximum atomic E-state index is 14.6. The fraction of sp³-hybridized carbons (Fsp3) is 0.348. The molecule has 7 heteroatoms. The maximum absolute atomic E-state index is 14.6. The molecule has 4 nitrogen and oxygen atoms in total. The molecule has 1 atom stereocenters. The molecule has 1 N–H and O–H groups in total. The lowest BCUT2D eigenvalue weighted by Crippen LogP contribution is -2.36. The van der Waals surface area contributed by atoms with Gasteiger partial charge in [-0.25, -0.2) is 13.2 Å². The highest BCUT2D eigenvalue weighted by Crippen LogP contribution is 2.33. The van der Waals surface area contributed by atoms with Crippen LogP contribution in [0.5, 0.6) is 0 Å². The molecule has 2 heterocycles. The first kappa shape index (κ1) is 20.5. The van der Waals surface area contributed by atoms with E-state index in [1.165, 1.54) is 12.1 Å². The lowest BCUT2D eigenvalue weighted by Gasteiger charge is -2.29. The highest BCUT2D eigenvalue weighted by atomic mass is 19.3. The quantitative estimate of drug-likeness (QED) is 0.586. The predicted octanol–water partition coefficient (Wildman–Crippen LogP) is 5.63. The van der Waals surface area contributed by atoms with E-state index in [9.17, 15) is 13.2 Å². The monoisotopic (exact) mass is 415 g/mol. The molecule has 0 unspecified atom stereocenters. The number of anilines is 2. The number of morpholine rings is 1. The molecule has 1 aliphatic rings. The van der Waals surface area contributed by atoms with E-state index < -0.39 is 23.8 Å². The number of ether oxygens (including phenoxy) is 1. The minimum absolute atomic E-state index is 0.208. The van der Waals surface area contributed by atoms with Crippen molar-refractivity contribution in [2.75, 3.05) is 36.5 Å². The summed E-state index contributed by atoms with van der Waals surface area (Å²) in [5.74, 6) is -0.864. The van der Waals surface area contributed by atoms with Crippen molar-refractivity contribution in [3.63, 3.8) is 0 Å². The lowest BCUT2D eigenvalue weighted by atomic mass is 10.0. The lowest BCUT2D eigenvalue weighted by molar-refractivity contribution is 0.122. The Hall–Kier alpha value is -2.80. The molecule has 0 spiro atoms. The number of pyridine rings is 1. The number of halogens is 3. The van der Waals surface area contributed by atoms with Gasteiger partial charge in [0.05, 0.1) is 30.3 Å². The van der Waals surface area contributed by atoms with Gasteiger partial charge in [-0.3, -0.25) is 4.98 Å². The normalized spacial score (nSPS) is 15.6. The summed E-state index contributed by atoms with van der Waals surface area (Å²) < 4.78 is 46.3. The first-order valence-electron chi connectivity index (χ1n) is 10.0. The molecule has 30 heavy (non-hydrogen) atoms. The standard InChI is InChI=1S/C23H24F3N3O/c1-14-12-21(28-15(2)17-4-3-5-18(22(17)24)23(25)26)19-13-16(6-7-20(19)27-14)29-8-10-30-11-9-29/h3-7,12-13,15,23H,8-11H2,1-2H3,(H,27,28)/t15-/m1/s1. The van der Waals surface area contributed by atoms with Gasteiger partial charge in [0, 0.05) is 41.1 Å². The van der Waals surface area contributed by atoms with Crippen LogP contribution in [0.3, 0.4) is 0 Å². The Labute approximate surface area is 173 Å². The van der Waals surface area contributed by atoms with Crippen LogP contribution in [0.25, 0.3) is 10.9 Å². The second-order valence-electron chi connectivity index (χ2n) is 7.53. The number of hydrogen-bond acceptors (Lipinski definition) is 4. The summed E-state index contributed by atoms with van der Waals surface area (Å²) in [6.45, 7) is 6.66. The third kappa shape index (κ3) is 4.07. The van der Waals surface area contributed by atoms with E-state index in [0.717, 1.165) is 47.1 Å². The van der Waals surface area contributed by atoms with Crippen LogP contribution in [0.4, 0.5) is 24.5 Å². The summed E-state index contributed by atoms with van der Waals surface area (Å²) in [7, 11) is 0. The summed E-state index contributed by atoms with van der Waals surface area (Å²) in [6, 6.07) is 11.6. The fourth-order valence-electron chi connectivity index (χ4n) is 3.87. The highest BCUT2D eigenvalue weighted by molar-refractivity contribution is 5.94. The Morgan fingerprint density at radius 1 is 1.07 bits per heavy atom. The molecule has 4 rings (SSSR count). The number of nitrogens with one attached hydrogen (secondary N) is 1. The van der Waals surface area contributed by atoms with Gasteiger partial charge in [-0.05, 0) is 38.1 Å². The Balaban J connectivity index is 1.70. The zero-order valence-electron chi connectivity index (χ0n) is 17.0. The van der Waals surface area contributed by atoms with E-state index in [1.807, 2.05) is 25.1 Å². The summed E-state index contributed by atoms with van der Waals surface area (Å²) in [4.78, 5) is 6.85. The Morgan fingerprint density at radius 2 is 1.80 bits per heavy atom. The molecule has 1 aromatic heterocycles. The summed E-state index contributed by atoms with van der Waals surface area (Å²) in [5.41, 5.74) is 3.13. The van der Waals surface area contributed by atoms with E-state index in [0.29, 0.717) is 13.2 Å². The first-order chi connectivity index (χ1) is 14.4. The van der Waals surface area contributed by atoms with Gasteiger partial charge in [-0.1, -0.05) is 18.2 Å². The zero-order valence-corrected chi connectivity index (χ0v) is 17.0. The van der Waals surface area contributed by atoms with E-state index in [-0.39, 0.29) is 5.56 Å². The predicted molar refractivity (Wildman–Crippen MR) is 113 cm³/mol. The molecule has 2 aromatic carbocycles. The number of alkyl halides is 2. The van der Waals surface area contributed by atoms with Crippen LogP contribution >= 0.6 is 0 Å². The van der Waals surface area contributed by atoms with Crippen LogP contribution in [0.2, 0.25) is 0 Å². The van der Waals surface area contributed by atoms with Gasteiger partial charge in [0.1, 0.15) is 5.82 Å². The zero-order chi connectivity index (χ0) is 21.3. The molecule has 158 valence electrons. The van der Waals surface area contributed by atoms with Gasteiger partial charge in [0.2, 0.25) is 0 Å². The molecule has 0 radical (unpaired) electrons. The number of aromatic nitrogens is 1. The van der Waals surface area contributed by atoms with E-state index in [4.69, 9.17) is 4.74 Å². The third-order valence-electron chi connectivity index (χ3n) is 5.43. The van der Waals surface area contributed by atoms with Gasteiger partial charge in [0.25, 0.3) is 6.43 Å². The molecule has 1 saturated heterocycles. The Kier molecular flexibility index (Phi) is 5.81. The highest BCUT2D eigenvalue weighted by Gasteiger charge is 2.20. The average Bonchev–Trinajstić information content (AvgIpc) is 2.74. The number of rotatable bonds is 5. The summed E-state index contributed by atoms with van der Waals surface area (Å²) >= 11 is 0. The topological polar surface area (TPSA) is 37.4 Å². The fourth-order valence-corrected chi connectivity index (χ4v) is 3.87. The number of benzene rings is 2. The minimum atomic E-state index is -2.85. The molecule has 1 fully saturated rings. The summed E-state index contributed by atoms with van der Waals surface area (Å²) in [5, 5.41) is 4.22. The van der Waals surface area contributed by atoms with Gasteiger partial charge >= 0.3 is 0 Å². The smallest absolute Gasteiger partial charge is 0.266 e. The minimum Gasteiger partial charge on any atom is -0.378 e. The summed E-state index contributed by atoms with van der Waals surface area (Å²) in [6.07, 6.45) is -2.85. The van der Waals surface area contributed by atoms with Crippen molar-refractivity contribution in [3.05, 3.63) is 65.1 Å². The molecule has 0 amide bonds. The molecule has 1 aliphatic heterocycles. The Morgan fingerprint density at radius 3 is 2.53 bits per heavy atom. The van der Waals surface area contributed by atoms with Crippen LogP contribution in [0.15, 0.2) is 42.5 Å². The molecule has 3 aromatic rings. The van der Waals surface area contributed by atoms with E-state index in [1.54, 1.807) is 6.92 Å². The van der Waals surface area contributed by atoms with Crippen LogP contribution in [-0.2, 0) is 4.74 Å². The second-order valence-corrected chi connectivity index (χ2v) is 7.53. The first-order valence-corrected chi connectivity index (χ1v) is 10.0. The molecule has 0 bridgehead atoms. The van der Waals surface area contributed by atoms with Crippen molar-refractivity contribution in [2.24, 2.45) is 0 Å². The SMILES string of the molecule is Cc1cc(N[C@H](C)c2cccc(C(F)F)c2F)c2cc(N3CCOCC3)ccc2n1. The maximum Gasteiger partial charge on any atom is 0.266 e. The number of aryl methyl sites for hydroxylation is 1. The van der Waals surface area contributed by atoms with Crippen molar-refractivity contribution >= 4 is 22.3 Å². The van der Waals surface area contributed by atoms with Gasteiger partial charge in [-0.15, -0.1) is 0 Å². The molecule has 0 aliphatic carbocycles. The van der Waals surface area contributed by atoms with E-state index in [2.05, 4.69) is 21.3 Å². The van der Waals surface area contributed by atoms with Crippen molar-refractivity contribution in [3.8, 4) is 0 Å². The number of hydrogen-bond donors (Lipinski definition) is 1. The average molecular weight is 415 g/mol.